The lowest BCUT2D eigenvalue weighted by atomic mass is 10.2. The largest absolute Gasteiger partial charge is 0.495 e. The number of esters is 1. The molecule has 0 aliphatic rings. The van der Waals surface area contributed by atoms with Gasteiger partial charge in [0.1, 0.15) is 5.75 Å². The summed E-state index contributed by atoms with van der Waals surface area (Å²) < 4.78 is 12.0. The van der Waals surface area contributed by atoms with E-state index in [1.54, 1.807) is 10.7 Å². The molecule has 0 aliphatic heterocycles. The Labute approximate surface area is 183 Å². The van der Waals surface area contributed by atoms with Crippen molar-refractivity contribution < 1.29 is 24.0 Å². The lowest BCUT2D eigenvalue weighted by Gasteiger charge is -2.15. The van der Waals surface area contributed by atoms with Crippen molar-refractivity contribution in [2.75, 3.05) is 12.4 Å². The topological polar surface area (TPSA) is 138 Å². The molecule has 32 heavy (non-hydrogen) atoms. The number of non-ortho nitro benzene ring substituents is 1. The summed E-state index contributed by atoms with van der Waals surface area (Å²) >= 11 is 0. The van der Waals surface area contributed by atoms with Gasteiger partial charge in [-0.3, -0.25) is 14.9 Å². The number of pyridine rings is 1. The maximum atomic E-state index is 12.5. The van der Waals surface area contributed by atoms with Crippen molar-refractivity contribution in [1.29, 1.82) is 0 Å². The fourth-order valence-corrected chi connectivity index (χ4v) is 2.92. The van der Waals surface area contributed by atoms with Crippen molar-refractivity contribution in [2.24, 2.45) is 0 Å². The highest BCUT2D eigenvalue weighted by Gasteiger charge is 2.22. The summed E-state index contributed by atoms with van der Waals surface area (Å²) in [4.78, 5) is 39.5. The highest BCUT2D eigenvalue weighted by Crippen LogP contribution is 2.29. The van der Waals surface area contributed by atoms with Crippen molar-refractivity contribution in [3.05, 3.63) is 69.7 Å². The predicted octanol–water partition coefficient (Wildman–Crippen LogP) is 2.98. The van der Waals surface area contributed by atoms with Crippen LogP contribution in [0, 0.1) is 24.0 Å². The van der Waals surface area contributed by atoms with Gasteiger partial charge < -0.3 is 14.8 Å². The Kier molecular flexibility index (Phi) is 6.47. The average molecular weight is 439 g/mol. The fourth-order valence-electron chi connectivity index (χ4n) is 2.92. The summed E-state index contributed by atoms with van der Waals surface area (Å²) in [6.45, 7) is 5.14. The molecule has 3 rings (SSSR count). The molecule has 1 N–H and O–H groups in total. The van der Waals surface area contributed by atoms with E-state index < -0.39 is 22.9 Å². The number of hydrogen-bond acceptors (Lipinski definition) is 8. The Hall–Kier alpha value is -4.28. The van der Waals surface area contributed by atoms with E-state index in [4.69, 9.17) is 9.47 Å². The van der Waals surface area contributed by atoms with E-state index in [2.05, 4.69) is 15.4 Å². The number of anilines is 1. The van der Waals surface area contributed by atoms with E-state index in [0.29, 0.717) is 5.82 Å². The number of methoxy groups -OCH3 is 1. The number of amides is 1. The molecule has 3 aromatic rings. The minimum absolute atomic E-state index is 0.0884. The van der Waals surface area contributed by atoms with Crippen molar-refractivity contribution in [3.8, 4) is 11.6 Å². The number of nitrogens with one attached hydrogen (secondary N) is 1. The molecular weight excluding hydrogens is 418 g/mol. The second-order valence-corrected chi connectivity index (χ2v) is 6.92. The molecule has 0 bridgehead atoms. The van der Waals surface area contributed by atoms with Gasteiger partial charge in [0, 0.05) is 24.0 Å². The Morgan fingerprint density at radius 3 is 2.50 bits per heavy atom. The molecule has 166 valence electrons. The van der Waals surface area contributed by atoms with Gasteiger partial charge in [0.2, 0.25) is 0 Å². The first-order valence-electron chi connectivity index (χ1n) is 9.53. The van der Waals surface area contributed by atoms with Crippen molar-refractivity contribution in [2.45, 2.75) is 26.9 Å². The lowest BCUT2D eigenvalue weighted by Crippen LogP contribution is -2.30. The second kappa shape index (κ2) is 9.25. The summed E-state index contributed by atoms with van der Waals surface area (Å²) in [7, 11) is 1.36. The first-order chi connectivity index (χ1) is 15.2. The third-order valence-electron chi connectivity index (χ3n) is 4.51. The minimum Gasteiger partial charge on any atom is -0.495 e. The van der Waals surface area contributed by atoms with Gasteiger partial charge >= 0.3 is 5.97 Å². The van der Waals surface area contributed by atoms with Crippen LogP contribution >= 0.6 is 0 Å². The normalized spacial score (nSPS) is 11.5. The molecule has 11 nitrogen and oxygen atoms in total. The van der Waals surface area contributed by atoms with Crippen LogP contribution in [0.15, 0.2) is 42.6 Å². The van der Waals surface area contributed by atoms with Crippen LogP contribution in [0.4, 0.5) is 11.4 Å². The second-order valence-electron chi connectivity index (χ2n) is 6.92. The number of carbonyl (C=O) groups excluding carboxylic acids is 2. The molecule has 0 aliphatic carbocycles. The van der Waals surface area contributed by atoms with Crippen molar-refractivity contribution in [3.63, 3.8) is 0 Å². The molecule has 2 heterocycles. The van der Waals surface area contributed by atoms with E-state index in [0.717, 1.165) is 17.5 Å². The van der Waals surface area contributed by atoms with E-state index in [-0.39, 0.29) is 22.7 Å². The van der Waals surface area contributed by atoms with Crippen LogP contribution < -0.4 is 10.1 Å². The molecule has 1 aromatic carbocycles. The van der Waals surface area contributed by atoms with E-state index >= 15 is 0 Å². The molecule has 0 spiro atoms. The average Bonchev–Trinajstić information content (AvgIpc) is 3.11. The maximum Gasteiger partial charge on any atom is 0.340 e. The van der Waals surface area contributed by atoms with Gasteiger partial charge in [-0.25, -0.2) is 14.5 Å². The summed E-state index contributed by atoms with van der Waals surface area (Å²) in [6.07, 6.45) is 0.157. The molecule has 0 saturated carbocycles. The van der Waals surface area contributed by atoms with Crippen molar-refractivity contribution in [1.82, 2.24) is 14.8 Å². The number of nitro groups is 1. The zero-order valence-electron chi connectivity index (χ0n) is 17.9. The van der Waals surface area contributed by atoms with E-state index in [9.17, 15) is 19.7 Å². The van der Waals surface area contributed by atoms with Gasteiger partial charge in [0.05, 0.1) is 29.0 Å². The molecule has 1 atom stereocenters. The number of aryl methyl sites for hydroxylation is 2. The first kappa shape index (κ1) is 22.4. The van der Waals surface area contributed by atoms with Gasteiger partial charge in [-0.15, -0.1) is 0 Å². The quantitative estimate of drug-likeness (QED) is 0.337. The van der Waals surface area contributed by atoms with Crippen LogP contribution in [-0.4, -0.2) is 44.8 Å². The van der Waals surface area contributed by atoms with Gasteiger partial charge in [0.15, 0.2) is 11.9 Å². The molecule has 11 heteroatoms. The number of carbonyl (C=O) groups is 2. The van der Waals surface area contributed by atoms with E-state index in [1.165, 1.54) is 38.4 Å². The SMILES string of the molecule is COc1ccc([N+](=O)[O-])cc1NC(=O)C(C)OC(=O)c1ccc(-n2nc(C)cc2C)nc1. The van der Waals surface area contributed by atoms with Crippen LogP contribution in [0.2, 0.25) is 0 Å². The van der Waals surface area contributed by atoms with Crippen LogP contribution in [-0.2, 0) is 9.53 Å². The van der Waals surface area contributed by atoms with Crippen LogP contribution in [0.1, 0.15) is 28.7 Å². The van der Waals surface area contributed by atoms with Crippen LogP contribution in [0.5, 0.6) is 5.75 Å². The minimum atomic E-state index is -1.18. The highest BCUT2D eigenvalue weighted by molar-refractivity contribution is 5.98. The standard InChI is InChI=1S/C21H21N5O6/c1-12-9-13(2)25(24-12)19-8-5-15(11-22-19)21(28)32-14(3)20(27)23-17-10-16(26(29)30)6-7-18(17)31-4/h5-11,14H,1-4H3,(H,23,27). The maximum absolute atomic E-state index is 12.5. The summed E-state index contributed by atoms with van der Waals surface area (Å²) in [5.41, 5.74) is 1.76. The third kappa shape index (κ3) is 4.89. The predicted molar refractivity (Wildman–Crippen MR) is 114 cm³/mol. The van der Waals surface area contributed by atoms with Gasteiger partial charge in [-0.05, 0) is 45.0 Å². The van der Waals surface area contributed by atoms with E-state index in [1.807, 2.05) is 19.9 Å². The molecule has 2 aromatic heterocycles. The molecule has 1 amide bonds. The van der Waals surface area contributed by atoms with Gasteiger partial charge in [-0.2, -0.15) is 5.10 Å². The number of benzene rings is 1. The third-order valence-corrected chi connectivity index (χ3v) is 4.51. The van der Waals surface area contributed by atoms with Gasteiger partial charge in [0.25, 0.3) is 11.6 Å². The zero-order valence-corrected chi connectivity index (χ0v) is 17.9. The number of ether oxygens (including phenoxy) is 2. The smallest absolute Gasteiger partial charge is 0.340 e. The van der Waals surface area contributed by atoms with Crippen molar-refractivity contribution >= 4 is 23.3 Å². The number of nitro benzene ring substituents is 1. The monoisotopic (exact) mass is 439 g/mol. The Morgan fingerprint density at radius 2 is 1.94 bits per heavy atom. The number of nitrogens with zero attached hydrogens (tertiary/aromatic N) is 4. The highest BCUT2D eigenvalue weighted by atomic mass is 16.6. The zero-order chi connectivity index (χ0) is 23.4. The van der Waals surface area contributed by atoms with Crippen LogP contribution in [0.3, 0.4) is 0 Å². The Morgan fingerprint density at radius 1 is 1.19 bits per heavy atom. The first-order valence-corrected chi connectivity index (χ1v) is 9.53. The fraction of sp³-hybridized carbons (Fsp3) is 0.238. The van der Waals surface area contributed by atoms with Gasteiger partial charge in [-0.1, -0.05) is 0 Å². The number of hydrogen-bond donors (Lipinski definition) is 1. The number of aromatic nitrogens is 3. The molecule has 0 radical (unpaired) electrons. The lowest BCUT2D eigenvalue weighted by molar-refractivity contribution is -0.384. The summed E-state index contributed by atoms with van der Waals surface area (Å²) in [6, 6.07) is 8.82. The summed E-state index contributed by atoms with van der Waals surface area (Å²) in [5, 5.41) is 17.8. The molecule has 0 saturated heterocycles. The molecular formula is C21H21N5O6. The Balaban J connectivity index is 1.68. The summed E-state index contributed by atoms with van der Waals surface area (Å²) in [5.74, 6) is -0.655. The Bertz CT molecular complexity index is 1170. The molecule has 1 unspecified atom stereocenters. The number of rotatable bonds is 7. The van der Waals surface area contributed by atoms with Crippen LogP contribution in [0.25, 0.3) is 5.82 Å². The molecule has 0 fully saturated rings.